The first-order valence-corrected chi connectivity index (χ1v) is 12.1. The molecule has 4 aromatic rings. The normalized spacial score (nSPS) is 16.9. The van der Waals surface area contributed by atoms with Crippen molar-refractivity contribution in [3.63, 3.8) is 0 Å². The number of rotatable bonds is 5. The van der Waals surface area contributed by atoms with E-state index in [0.29, 0.717) is 6.04 Å². The summed E-state index contributed by atoms with van der Waals surface area (Å²) in [5.74, 6) is 0. The molecule has 1 aliphatic carbocycles. The Morgan fingerprint density at radius 1 is 0.647 bits per heavy atom. The fraction of sp³-hybridized carbons (Fsp3) is 0.125. The lowest BCUT2D eigenvalue weighted by molar-refractivity contribution is 1.04. The van der Waals surface area contributed by atoms with Gasteiger partial charge in [-0.1, -0.05) is 85.0 Å². The molecular formula is C32H28N2. The highest BCUT2D eigenvalue weighted by Crippen LogP contribution is 2.43. The molecule has 2 aliphatic rings. The molecule has 2 nitrogen and oxygen atoms in total. The molecule has 0 radical (unpaired) electrons. The van der Waals surface area contributed by atoms with Crippen molar-refractivity contribution in [3.05, 3.63) is 126 Å². The lowest BCUT2D eigenvalue weighted by atomic mass is 9.91. The molecule has 2 heteroatoms. The van der Waals surface area contributed by atoms with E-state index in [0.717, 1.165) is 30.8 Å². The van der Waals surface area contributed by atoms with Gasteiger partial charge in [0, 0.05) is 6.54 Å². The molecule has 0 bridgehead atoms. The third-order valence-electron chi connectivity index (χ3n) is 6.86. The van der Waals surface area contributed by atoms with Gasteiger partial charge in [-0.15, -0.1) is 0 Å². The third kappa shape index (κ3) is 4.04. The summed E-state index contributed by atoms with van der Waals surface area (Å²) >= 11 is 0. The standard InChI is InChI=1S/C32H28N2/c33-30-13-7-8-14-31(30)34-22-32(34)26-17-15-25(16-18-26)29-20-27(23-9-3-1-4-10-23)19-28(21-29)24-11-5-2-6-12-24/h1,3-5,7-21,32H,2,6,22,33H2/t32-,34?/m0/s1. The SMILES string of the molecule is Nc1ccccc1N1C[C@H]1c1ccc(-c2cc(C3=CCCC=C3)cc(-c3ccccc3)c2)cc1. The highest BCUT2D eigenvalue weighted by molar-refractivity contribution is 5.83. The first-order valence-electron chi connectivity index (χ1n) is 12.1. The monoisotopic (exact) mass is 440 g/mol. The molecule has 1 atom stereocenters. The van der Waals surface area contributed by atoms with Crippen molar-refractivity contribution >= 4 is 16.9 Å². The van der Waals surface area contributed by atoms with Crippen LogP contribution in [0.2, 0.25) is 0 Å². The van der Waals surface area contributed by atoms with E-state index < -0.39 is 0 Å². The van der Waals surface area contributed by atoms with Crippen LogP contribution < -0.4 is 10.6 Å². The van der Waals surface area contributed by atoms with Gasteiger partial charge in [-0.05, 0) is 82.1 Å². The van der Waals surface area contributed by atoms with Gasteiger partial charge in [0.25, 0.3) is 0 Å². The van der Waals surface area contributed by atoms with Gasteiger partial charge in [-0.2, -0.15) is 0 Å². The van der Waals surface area contributed by atoms with Crippen molar-refractivity contribution in [1.29, 1.82) is 0 Å². The second-order valence-corrected chi connectivity index (χ2v) is 9.15. The molecular weight excluding hydrogens is 412 g/mol. The summed E-state index contributed by atoms with van der Waals surface area (Å²) in [6.07, 6.45) is 9.13. The fourth-order valence-electron chi connectivity index (χ4n) is 4.92. The number of para-hydroxylation sites is 2. The molecule has 0 amide bonds. The summed E-state index contributed by atoms with van der Waals surface area (Å²) in [7, 11) is 0. The lowest BCUT2D eigenvalue weighted by Crippen LogP contribution is -1.98. The summed E-state index contributed by atoms with van der Waals surface area (Å²) < 4.78 is 0. The van der Waals surface area contributed by atoms with Crippen LogP contribution >= 0.6 is 0 Å². The molecule has 0 saturated carbocycles. The minimum absolute atomic E-state index is 0.405. The van der Waals surface area contributed by atoms with Gasteiger partial charge in [0.2, 0.25) is 0 Å². The maximum Gasteiger partial charge on any atom is 0.0719 e. The van der Waals surface area contributed by atoms with Crippen LogP contribution in [0.4, 0.5) is 11.4 Å². The van der Waals surface area contributed by atoms with Crippen LogP contribution in [0, 0.1) is 0 Å². The highest BCUT2D eigenvalue weighted by Gasteiger charge is 2.36. The fourth-order valence-corrected chi connectivity index (χ4v) is 4.92. The Morgan fingerprint density at radius 2 is 1.32 bits per heavy atom. The summed E-state index contributed by atoms with van der Waals surface area (Å²) in [6.45, 7) is 1.02. The van der Waals surface area contributed by atoms with Gasteiger partial charge in [0.05, 0.1) is 17.4 Å². The molecule has 1 heterocycles. The lowest BCUT2D eigenvalue weighted by Gasteiger charge is -2.14. The van der Waals surface area contributed by atoms with Crippen molar-refractivity contribution < 1.29 is 0 Å². The van der Waals surface area contributed by atoms with E-state index >= 15 is 0 Å². The molecule has 1 saturated heterocycles. The van der Waals surface area contributed by atoms with E-state index in [1.807, 2.05) is 12.1 Å². The number of allylic oxidation sites excluding steroid dienone is 4. The molecule has 0 aromatic heterocycles. The summed E-state index contributed by atoms with van der Waals surface area (Å²) in [4.78, 5) is 2.36. The van der Waals surface area contributed by atoms with Crippen molar-refractivity contribution in [3.8, 4) is 22.3 Å². The summed E-state index contributed by atoms with van der Waals surface area (Å²) in [5.41, 5.74) is 17.1. The maximum absolute atomic E-state index is 6.19. The molecule has 0 spiro atoms. The molecule has 34 heavy (non-hydrogen) atoms. The van der Waals surface area contributed by atoms with Crippen LogP contribution in [-0.2, 0) is 0 Å². The van der Waals surface area contributed by atoms with Gasteiger partial charge >= 0.3 is 0 Å². The molecule has 1 fully saturated rings. The maximum atomic E-state index is 6.19. The topological polar surface area (TPSA) is 29.0 Å². The molecule has 4 aromatic carbocycles. The largest absolute Gasteiger partial charge is 0.397 e. The zero-order valence-electron chi connectivity index (χ0n) is 19.2. The average molecular weight is 441 g/mol. The highest BCUT2D eigenvalue weighted by atomic mass is 15.3. The van der Waals surface area contributed by atoms with E-state index in [1.165, 1.54) is 39.0 Å². The van der Waals surface area contributed by atoms with E-state index in [-0.39, 0.29) is 0 Å². The van der Waals surface area contributed by atoms with Gasteiger partial charge in [0.1, 0.15) is 0 Å². The molecule has 2 N–H and O–H groups in total. The Labute approximate surface area is 201 Å². The van der Waals surface area contributed by atoms with Crippen LogP contribution in [-0.4, -0.2) is 6.54 Å². The Morgan fingerprint density at radius 3 is 2.03 bits per heavy atom. The third-order valence-corrected chi connectivity index (χ3v) is 6.86. The summed E-state index contributed by atoms with van der Waals surface area (Å²) in [5, 5.41) is 0. The Balaban J connectivity index is 1.33. The van der Waals surface area contributed by atoms with Gasteiger partial charge in [-0.3, -0.25) is 0 Å². The zero-order valence-corrected chi connectivity index (χ0v) is 19.2. The second kappa shape index (κ2) is 8.72. The minimum Gasteiger partial charge on any atom is -0.397 e. The Bertz CT molecular complexity index is 1380. The first kappa shape index (κ1) is 20.6. The van der Waals surface area contributed by atoms with Crippen molar-refractivity contribution in [1.82, 2.24) is 0 Å². The van der Waals surface area contributed by atoms with Crippen molar-refractivity contribution in [2.45, 2.75) is 18.9 Å². The number of nitrogens with two attached hydrogens (primary N) is 1. The van der Waals surface area contributed by atoms with Gasteiger partial charge in [-0.25, -0.2) is 0 Å². The van der Waals surface area contributed by atoms with E-state index in [1.54, 1.807) is 0 Å². The number of anilines is 2. The smallest absolute Gasteiger partial charge is 0.0719 e. The Hall–Kier alpha value is -4.04. The van der Waals surface area contributed by atoms with Crippen LogP contribution in [0.5, 0.6) is 0 Å². The van der Waals surface area contributed by atoms with E-state index in [9.17, 15) is 0 Å². The minimum atomic E-state index is 0.405. The average Bonchev–Trinajstić information content (AvgIpc) is 3.71. The summed E-state index contributed by atoms with van der Waals surface area (Å²) in [6, 6.07) is 35.2. The zero-order chi connectivity index (χ0) is 22.9. The first-order chi connectivity index (χ1) is 16.8. The van der Waals surface area contributed by atoms with Crippen LogP contribution in [0.3, 0.4) is 0 Å². The number of nitrogens with zero attached hydrogens (tertiary/aromatic N) is 1. The molecule has 1 aliphatic heterocycles. The van der Waals surface area contributed by atoms with Crippen molar-refractivity contribution in [2.24, 2.45) is 0 Å². The van der Waals surface area contributed by atoms with Crippen molar-refractivity contribution in [2.75, 3.05) is 17.2 Å². The van der Waals surface area contributed by atoms with Gasteiger partial charge in [0.15, 0.2) is 0 Å². The Kier molecular flexibility index (Phi) is 5.27. The second-order valence-electron chi connectivity index (χ2n) is 9.15. The molecule has 166 valence electrons. The predicted molar refractivity (Wildman–Crippen MR) is 145 cm³/mol. The van der Waals surface area contributed by atoms with E-state index in [2.05, 4.69) is 108 Å². The van der Waals surface area contributed by atoms with Crippen LogP contribution in [0.1, 0.15) is 30.0 Å². The predicted octanol–water partition coefficient (Wildman–Crippen LogP) is 7.90. The number of nitrogen functional groups attached to an aromatic ring is 1. The van der Waals surface area contributed by atoms with Crippen LogP contribution in [0.15, 0.2) is 115 Å². The van der Waals surface area contributed by atoms with Crippen LogP contribution in [0.25, 0.3) is 27.8 Å². The van der Waals surface area contributed by atoms with Gasteiger partial charge < -0.3 is 10.6 Å². The number of benzene rings is 4. The number of hydrogen-bond donors (Lipinski definition) is 1. The molecule has 0 unspecified atom stereocenters. The van der Waals surface area contributed by atoms with E-state index in [4.69, 9.17) is 5.73 Å². The molecule has 6 rings (SSSR count). The quantitative estimate of drug-likeness (QED) is 0.252. The number of hydrogen-bond acceptors (Lipinski definition) is 2.